The van der Waals surface area contributed by atoms with Crippen molar-refractivity contribution in [1.82, 2.24) is 14.9 Å². The van der Waals surface area contributed by atoms with Crippen LogP contribution in [0.2, 0.25) is 0 Å². The lowest BCUT2D eigenvalue weighted by Crippen LogP contribution is -2.70. The van der Waals surface area contributed by atoms with Gasteiger partial charge in [0.05, 0.1) is 12.1 Å². The number of benzene rings is 1. The number of fused-ring (bicyclic) bond motifs is 3. The molecular formula is C19H20N4O3. The fourth-order valence-corrected chi connectivity index (χ4v) is 4.17. The van der Waals surface area contributed by atoms with Gasteiger partial charge in [-0.3, -0.25) is 4.79 Å². The molecular weight excluding hydrogens is 332 g/mol. The molecule has 26 heavy (non-hydrogen) atoms. The van der Waals surface area contributed by atoms with E-state index in [1.165, 1.54) is 0 Å². The molecule has 5 heterocycles. The molecule has 3 fully saturated rings. The Morgan fingerprint density at radius 2 is 1.85 bits per heavy atom. The van der Waals surface area contributed by atoms with Gasteiger partial charge in [-0.05, 0) is 38.5 Å². The molecule has 7 heteroatoms. The zero-order valence-corrected chi connectivity index (χ0v) is 14.8. The van der Waals surface area contributed by atoms with Crippen LogP contribution in [0.4, 0.5) is 5.82 Å². The van der Waals surface area contributed by atoms with E-state index >= 15 is 0 Å². The topological polar surface area (TPSA) is 67.8 Å². The van der Waals surface area contributed by atoms with Gasteiger partial charge in [-0.2, -0.15) is 0 Å². The molecule has 1 aromatic carbocycles. The quantitative estimate of drug-likeness (QED) is 0.823. The zero-order valence-electron chi connectivity index (χ0n) is 14.8. The third-order valence-corrected chi connectivity index (χ3v) is 5.32. The van der Waals surface area contributed by atoms with E-state index in [1.54, 1.807) is 6.07 Å². The number of nitrogens with zero attached hydrogens (tertiary/aromatic N) is 4. The van der Waals surface area contributed by atoms with Crippen LogP contribution in [0.15, 0.2) is 24.3 Å². The van der Waals surface area contributed by atoms with Crippen molar-refractivity contribution < 1.29 is 14.3 Å². The first-order valence-electron chi connectivity index (χ1n) is 8.88. The van der Waals surface area contributed by atoms with Crippen molar-refractivity contribution in [1.29, 1.82) is 0 Å². The summed E-state index contributed by atoms with van der Waals surface area (Å²) in [5.74, 6) is 3.16. The first-order chi connectivity index (χ1) is 12.6. The molecule has 2 unspecified atom stereocenters. The smallest absolute Gasteiger partial charge is 0.254 e. The van der Waals surface area contributed by atoms with Crippen molar-refractivity contribution in [3.8, 4) is 11.5 Å². The summed E-state index contributed by atoms with van der Waals surface area (Å²) in [6.07, 6.45) is 1.05. The van der Waals surface area contributed by atoms with Crippen LogP contribution in [0.25, 0.3) is 0 Å². The Morgan fingerprint density at radius 3 is 2.62 bits per heavy atom. The average molecular weight is 352 g/mol. The molecule has 0 aliphatic carbocycles. The maximum absolute atomic E-state index is 13.0. The lowest BCUT2D eigenvalue weighted by atomic mass is 9.86. The van der Waals surface area contributed by atoms with Crippen molar-refractivity contribution in [3.63, 3.8) is 0 Å². The molecule has 1 aromatic heterocycles. The second-order valence-corrected chi connectivity index (χ2v) is 7.14. The highest BCUT2D eigenvalue weighted by molar-refractivity contribution is 5.96. The maximum Gasteiger partial charge on any atom is 0.254 e. The summed E-state index contributed by atoms with van der Waals surface area (Å²) >= 11 is 0. The minimum atomic E-state index is 0.0687. The highest BCUT2D eigenvalue weighted by Gasteiger charge is 2.47. The van der Waals surface area contributed by atoms with E-state index in [0.29, 0.717) is 17.1 Å². The number of ether oxygens (including phenoxy) is 2. The molecule has 7 nitrogen and oxygen atoms in total. The molecule has 0 radical (unpaired) electrons. The summed E-state index contributed by atoms with van der Waals surface area (Å²) in [5, 5.41) is 0. The Hall–Kier alpha value is -2.83. The number of hydrogen-bond donors (Lipinski definition) is 0. The molecule has 0 spiro atoms. The number of anilines is 1. The van der Waals surface area contributed by atoms with Crippen LogP contribution >= 0.6 is 0 Å². The number of rotatable bonds is 2. The predicted molar refractivity (Wildman–Crippen MR) is 94.6 cm³/mol. The van der Waals surface area contributed by atoms with Crippen LogP contribution in [0, 0.1) is 13.8 Å². The standard InChI is InChI=1S/C19H20N4O3/c1-11-5-18(21-12(2)20-11)22-8-14-7-15(9-22)23(14)19(24)13-3-4-16-17(6-13)26-10-25-16/h3-6,14-15H,7-10H2,1-2H3. The molecule has 4 aliphatic rings. The Bertz CT molecular complexity index is 868. The van der Waals surface area contributed by atoms with Gasteiger partial charge in [0.2, 0.25) is 6.79 Å². The fourth-order valence-electron chi connectivity index (χ4n) is 4.17. The van der Waals surface area contributed by atoms with Crippen LogP contribution in [0.5, 0.6) is 11.5 Å². The van der Waals surface area contributed by atoms with E-state index in [1.807, 2.05) is 36.9 Å². The van der Waals surface area contributed by atoms with Gasteiger partial charge in [0, 0.05) is 30.4 Å². The zero-order chi connectivity index (χ0) is 17.8. The second-order valence-electron chi connectivity index (χ2n) is 7.14. The maximum atomic E-state index is 13.0. The van der Waals surface area contributed by atoms with Crippen molar-refractivity contribution >= 4 is 11.7 Å². The first kappa shape index (κ1) is 15.4. The predicted octanol–water partition coefficient (Wildman–Crippen LogP) is 1.93. The summed E-state index contributed by atoms with van der Waals surface area (Å²) in [6, 6.07) is 7.88. The van der Waals surface area contributed by atoms with E-state index in [4.69, 9.17) is 9.47 Å². The van der Waals surface area contributed by atoms with Crippen LogP contribution in [0.3, 0.4) is 0 Å². The van der Waals surface area contributed by atoms with E-state index in [0.717, 1.165) is 36.8 Å². The number of amides is 1. The van der Waals surface area contributed by atoms with E-state index in [-0.39, 0.29) is 24.8 Å². The minimum absolute atomic E-state index is 0.0687. The SMILES string of the molecule is Cc1cc(N2CC3CC(C2)N3C(=O)c2ccc3c(c2)OCO3)nc(C)n1. The van der Waals surface area contributed by atoms with Crippen molar-refractivity contribution in [2.75, 3.05) is 24.8 Å². The van der Waals surface area contributed by atoms with Crippen molar-refractivity contribution in [3.05, 3.63) is 41.3 Å². The van der Waals surface area contributed by atoms with E-state index in [2.05, 4.69) is 14.9 Å². The van der Waals surface area contributed by atoms with Crippen molar-refractivity contribution in [2.24, 2.45) is 0 Å². The summed E-state index contributed by atoms with van der Waals surface area (Å²) in [5.41, 5.74) is 1.63. The molecule has 1 amide bonds. The molecule has 3 saturated heterocycles. The van der Waals surface area contributed by atoms with Gasteiger partial charge in [0.15, 0.2) is 11.5 Å². The molecule has 2 aromatic rings. The highest BCUT2D eigenvalue weighted by Crippen LogP contribution is 2.37. The third-order valence-electron chi connectivity index (χ3n) is 5.32. The molecule has 2 bridgehead atoms. The summed E-state index contributed by atoms with van der Waals surface area (Å²) in [7, 11) is 0. The lowest BCUT2D eigenvalue weighted by molar-refractivity contribution is 0.00572. The van der Waals surface area contributed by atoms with E-state index < -0.39 is 0 Å². The molecule has 2 atom stereocenters. The summed E-state index contributed by atoms with van der Waals surface area (Å²) in [6.45, 7) is 5.73. The molecule has 0 N–H and O–H groups in total. The number of carbonyl (C=O) groups is 1. The number of carbonyl (C=O) groups excluding carboxylic acids is 1. The third kappa shape index (κ3) is 2.38. The van der Waals surface area contributed by atoms with Gasteiger partial charge < -0.3 is 19.3 Å². The molecule has 134 valence electrons. The van der Waals surface area contributed by atoms with Gasteiger partial charge in [-0.25, -0.2) is 9.97 Å². The normalized spacial score (nSPS) is 23.0. The highest BCUT2D eigenvalue weighted by atomic mass is 16.7. The van der Waals surface area contributed by atoms with Crippen LogP contribution in [-0.2, 0) is 0 Å². The average Bonchev–Trinajstić information content (AvgIpc) is 3.08. The number of aryl methyl sites for hydroxylation is 2. The number of aromatic nitrogens is 2. The Labute approximate surface area is 151 Å². The summed E-state index contributed by atoms with van der Waals surface area (Å²) in [4.78, 5) is 26.2. The minimum Gasteiger partial charge on any atom is -0.454 e. The Morgan fingerprint density at radius 1 is 1.08 bits per heavy atom. The summed E-state index contributed by atoms with van der Waals surface area (Å²) < 4.78 is 10.7. The van der Waals surface area contributed by atoms with Gasteiger partial charge >= 0.3 is 0 Å². The van der Waals surface area contributed by atoms with E-state index in [9.17, 15) is 4.79 Å². The number of piperazine rings is 1. The van der Waals surface area contributed by atoms with Crippen molar-refractivity contribution in [2.45, 2.75) is 32.4 Å². The molecule has 0 saturated carbocycles. The second kappa shape index (κ2) is 5.59. The van der Waals surface area contributed by atoms with Gasteiger partial charge in [0.1, 0.15) is 11.6 Å². The van der Waals surface area contributed by atoms with Crippen LogP contribution in [-0.4, -0.2) is 52.7 Å². The Kier molecular flexibility index (Phi) is 3.32. The molecule has 4 aliphatic heterocycles. The first-order valence-corrected chi connectivity index (χ1v) is 8.88. The fraction of sp³-hybridized carbons (Fsp3) is 0.421. The largest absolute Gasteiger partial charge is 0.454 e. The van der Waals surface area contributed by atoms with Gasteiger partial charge in [-0.15, -0.1) is 0 Å². The van der Waals surface area contributed by atoms with Crippen LogP contribution in [0.1, 0.15) is 28.3 Å². The Balaban J connectivity index is 1.34. The van der Waals surface area contributed by atoms with Gasteiger partial charge in [-0.1, -0.05) is 0 Å². The van der Waals surface area contributed by atoms with Gasteiger partial charge in [0.25, 0.3) is 5.91 Å². The monoisotopic (exact) mass is 352 g/mol. The molecule has 6 rings (SSSR count). The number of piperidine rings is 1. The van der Waals surface area contributed by atoms with Crippen LogP contribution < -0.4 is 14.4 Å². The lowest BCUT2D eigenvalue weighted by Gasteiger charge is -2.56. The number of hydrogen-bond acceptors (Lipinski definition) is 6.